The van der Waals surface area contributed by atoms with Crippen molar-refractivity contribution < 1.29 is 23.6 Å². The van der Waals surface area contributed by atoms with E-state index in [2.05, 4.69) is 26.1 Å². The van der Waals surface area contributed by atoms with Crippen LogP contribution in [0.1, 0.15) is 59.8 Å². The molecular formula is C24H42BCl2N3O5. The zero-order valence-electron chi connectivity index (χ0n) is 21.6. The van der Waals surface area contributed by atoms with Crippen LogP contribution in [0, 0.1) is 23.2 Å². The summed E-state index contributed by atoms with van der Waals surface area (Å²) in [7, 11) is 1.25. The van der Waals surface area contributed by atoms with Crippen LogP contribution in [0.15, 0.2) is 0 Å². The molecule has 200 valence electrons. The summed E-state index contributed by atoms with van der Waals surface area (Å²) in [6.07, 6.45) is 5.54. The largest absolute Gasteiger partial charge is 0.468 e. The first kappa shape index (κ1) is 29.0. The number of fused-ring (bicyclic) bond motifs is 2. The number of carbonyl (C=O) groups excluding carboxylic acids is 2. The fourth-order valence-corrected chi connectivity index (χ4v) is 8.01. The summed E-state index contributed by atoms with van der Waals surface area (Å²) in [5.74, 6) is 1.01. The Balaban J connectivity index is 0.00000171. The number of likely N-dealkylation sites (tertiary alicyclic amines) is 1. The summed E-state index contributed by atoms with van der Waals surface area (Å²) in [6, 6.07) is -0.591. The van der Waals surface area contributed by atoms with E-state index in [1.165, 1.54) is 13.5 Å². The number of esters is 1. The summed E-state index contributed by atoms with van der Waals surface area (Å²) < 4.78 is 18.2. The van der Waals surface area contributed by atoms with Gasteiger partial charge in [0.2, 0.25) is 5.91 Å². The standard InChI is InChI=1S/C24H40BN3O5.2ClH/c1-14(26)20(29)28-10-8-24(21(30)31-5)16(17(28)13-27-24)7-6-9-25-32-19-12-15-11-18(22(15,2)3)23(19,4)33-25;;/h14-19,27H,6-13,26H2,1-5H3;2*1H/t14-,15-,16?,17?,18-,19+,23-,24+;;/m0../s1. The number of carbonyl (C=O) groups is 2. The minimum absolute atomic E-state index is 0. The van der Waals surface area contributed by atoms with Crippen LogP contribution in [0.4, 0.5) is 0 Å². The van der Waals surface area contributed by atoms with Crippen molar-refractivity contribution in [3.05, 3.63) is 0 Å². The maximum absolute atomic E-state index is 12.8. The second-order valence-electron chi connectivity index (χ2n) is 11.9. The molecule has 6 rings (SSSR count). The molecule has 2 unspecified atom stereocenters. The summed E-state index contributed by atoms with van der Waals surface area (Å²) in [5.41, 5.74) is 5.33. The van der Waals surface area contributed by atoms with Crippen molar-refractivity contribution in [1.29, 1.82) is 0 Å². The Kier molecular flexibility index (Phi) is 8.24. The number of amides is 1. The fraction of sp³-hybridized carbons (Fsp3) is 0.917. The van der Waals surface area contributed by atoms with Gasteiger partial charge in [-0.05, 0) is 63.1 Å². The molecule has 3 aliphatic carbocycles. The molecule has 0 radical (unpaired) electrons. The molecule has 0 aromatic heterocycles. The third-order valence-corrected chi connectivity index (χ3v) is 10.1. The Morgan fingerprint density at radius 3 is 2.60 bits per heavy atom. The van der Waals surface area contributed by atoms with Gasteiger partial charge in [0.05, 0.1) is 24.9 Å². The maximum atomic E-state index is 12.8. The smallest absolute Gasteiger partial charge is 0.457 e. The van der Waals surface area contributed by atoms with Gasteiger partial charge in [-0.25, -0.2) is 0 Å². The third kappa shape index (κ3) is 4.22. The second kappa shape index (κ2) is 9.95. The van der Waals surface area contributed by atoms with E-state index in [-0.39, 0.29) is 67.5 Å². The molecule has 11 heteroatoms. The van der Waals surface area contributed by atoms with Crippen LogP contribution in [0.5, 0.6) is 0 Å². The van der Waals surface area contributed by atoms with Crippen molar-refractivity contribution in [2.45, 2.75) is 95.4 Å². The number of hydrogen-bond acceptors (Lipinski definition) is 7. The number of nitrogens with two attached hydrogens (primary N) is 1. The van der Waals surface area contributed by atoms with Crippen LogP contribution in [0.25, 0.3) is 0 Å². The number of methoxy groups -OCH3 is 1. The molecule has 6 fully saturated rings. The zero-order chi connectivity index (χ0) is 23.8. The lowest BCUT2D eigenvalue weighted by Gasteiger charge is -2.64. The molecule has 35 heavy (non-hydrogen) atoms. The third-order valence-electron chi connectivity index (χ3n) is 10.1. The average molecular weight is 534 g/mol. The molecule has 3 saturated heterocycles. The van der Waals surface area contributed by atoms with Gasteiger partial charge >= 0.3 is 13.1 Å². The molecule has 0 aromatic carbocycles. The first-order valence-electron chi connectivity index (χ1n) is 12.8. The highest BCUT2D eigenvalue weighted by atomic mass is 35.5. The van der Waals surface area contributed by atoms with Crippen LogP contribution in [0.2, 0.25) is 6.32 Å². The Bertz CT molecular complexity index is 835. The van der Waals surface area contributed by atoms with E-state index < -0.39 is 11.6 Å². The van der Waals surface area contributed by atoms with Gasteiger partial charge in [-0.3, -0.25) is 14.9 Å². The van der Waals surface area contributed by atoms with Crippen molar-refractivity contribution in [2.24, 2.45) is 28.9 Å². The molecule has 8 nitrogen and oxygen atoms in total. The van der Waals surface area contributed by atoms with E-state index in [9.17, 15) is 9.59 Å². The minimum Gasteiger partial charge on any atom is -0.468 e. The van der Waals surface area contributed by atoms with Gasteiger partial charge in [0.15, 0.2) is 0 Å². The van der Waals surface area contributed by atoms with E-state index in [0.29, 0.717) is 30.8 Å². The lowest BCUT2D eigenvalue weighted by Crippen LogP contribution is -2.65. The molecule has 8 atom stereocenters. The SMILES string of the molecule is COC(=O)[C@]12CCN(C(=O)[C@H](C)N)C(CN1)C2CCCB1O[C@@H]2C[C@@H]3C[C@@H](C3(C)C)[C@]2(C)O1.Cl.Cl. The molecule has 0 spiro atoms. The van der Waals surface area contributed by atoms with Gasteiger partial charge in [-0.15, -0.1) is 24.8 Å². The quantitative estimate of drug-likeness (QED) is 0.399. The van der Waals surface area contributed by atoms with Crippen molar-refractivity contribution in [3.8, 4) is 0 Å². The van der Waals surface area contributed by atoms with Crippen molar-refractivity contribution >= 4 is 43.8 Å². The lowest BCUT2D eigenvalue weighted by atomic mass is 9.43. The summed E-state index contributed by atoms with van der Waals surface area (Å²) in [4.78, 5) is 27.5. The first-order chi connectivity index (χ1) is 15.5. The maximum Gasteiger partial charge on any atom is 0.457 e. The highest BCUT2D eigenvalue weighted by Crippen LogP contribution is 2.65. The van der Waals surface area contributed by atoms with Crippen molar-refractivity contribution in [1.82, 2.24) is 10.2 Å². The van der Waals surface area contributed by atoms with Gasteiger partial charge in [-0.2, -0.15) is 0 Å². The van der Waals surface area contributed by atoms with Gasteiger partial charge < -0.3 is 24.7 Å². The highest BCUT2D eigenvalue weighted by Gasteiger charge is 2.67. The molecule has 0 aromatic rings. The van der Waals surface area contributed by atoms with Crippen LogP contribution in [0.3, 0.4) is 0 Å². The van der Waals surface area contributed by atoms with Gasteiger partial charge in [0.1, 0.15) is 5.54 Å². The monoisotopic (exact) mass is 533 g/mol. The molecule has 1 amide bonds. The number of hydrogen-bond donors (Lipinski definition) is 2. The molecule has 4 bridgehead atoms. The van der Waals surface area contributed by atoms with Crippen molar-refractivity contribution in [3.63, 3.8) is 0 Å². The predicted octanol–water partition coefficient (Wildman–Crippen LogP) is 2.42. The summed E-state index contributed by atoms with van der Waals surface area (Å²) in [5, 5.41) is 3.43. The van der Waals surface area contributed by atoms with Gasteiger partial charge in [-0.1, -0.05) is 20.3 Å². The number of rotatable bonds is 6. The molecule has 3 heterocycles. The molecule has 3 N–H and O–H groups in total. The van der Waals surface area contributed by atoms with E-state index >= 15 is 0 Å². The molecular weight excluding hydrogens is 492 g/mol. The van der Waals surface area contributed by atoms with Gasteiger partial charge in [0.25, 0.3) is 0 Å². The Hall–Kier alpha value is -0.575. The van der Waals surface area contributed by atoms with Gasteiger partial charge in [0, 0.05) is 25.0 Å². The fourth-order valence-electron chi connectivity index (χ4n) is 8.01. The van der Waals surface area contributed by atoms with E-state index in [4.69, 9.17) is 19.8 Å². The van der Waals surface area contributed by atoms with E-state index in [1.807, 2.05) is 4.90 Å². The highest BCUT2D eigenvalue weighted by molar-refractivity contribution is 6.45. The zero-order valence-corrected chi connectivity index (χ0v) is 23.2. The first-order valence-corrected chi connectivity index (χ1v) is 12.8. The molecule has 6 aliphatic rings. The molecule has 3 saturated carbocycles. The lowest BCUT2D eigenvalue weighted by molar-refractivity contribution is -0.199. The number of nitrogens with one attached hydrogen (secondary N) is 1. The normalized spacial score (nSPS) is 41.1. The number of piperidine rings is 1. The van der Waals surface area contributed by atoms with Crippen molar-refractivity contribution in [2.75, 3.05) is 20.2 Å². The summed E-state index contributed by atoms with van der Waals surface area (Å²) >= 11 is 0. The topological polar surface area (TPSA) is 103 Å². The van der Waals surface area contributed by atoms with Crippen LogP contribution >= 0.6 is 24.8 Å². The predicted molar refractivity (Wildman–Crippen MR) is 139 cm³/mol. The number of ether oxygens (including phenoxy) is 1. The summed E-state index contributed by atoms with van der Waals surface area (Å²) in [6.45, 7) is 9.83. The Morgan fingerprint density at radius 2 is 1.97 bits per heavy atom. The minimum atomic E-state index is -0.726. The molecule has 3 aliphatic heterocycles. The number of nitrogens with zero attached hydrogens (tertiary/aromatic N) is 1. The van der Waals surface area contributed by atoms with E-state index in [0.717, 1.165) is 31.5 Å². The van der Waals surface area contributed by atoms with Crippen LogP contribution in [-0.4, -0.2) is 73.4 Å². The Morgan fingerprint density at radius 1 is 1.26 bits per heavy atom. The van der Waals surface area contributed by atoms with E-state index in [1.54, 1.807) is 6.92 Å². The number of halogens is 2. The van der Waals surface area contributed by atoms with Crippen LogP contribution < -0.4 is 11.1 Å². The average Bonchev–Trinajstić information content (AvgIpc) is 3.23. The second-order valence-corrected chi connectivity index (χ2v) is 11.9. The Labute approximate surface area is 222 Å². The van der Waals surface area contributed by atoms with Crippen LogP contribution in [-0.2, 0) is 23.6 Å².